The Hall–Kier alpha value is -2.40. The first-order chi connectivity index (χ1) is 12.6. The van der Waals surface area contributed by atoms with Crippen LogP contribution in [-0.2, 0) is 4.79 Å². The van der Waals surface area contributed by atoms with Crippen molar-refractivity contribution < 1.29 is 14.3 Å². The van der Waals surface area contributed by atoms with Crippen molar-refractivity contribution in [2.24, 2.45) is 0 Å². The Morgan fingerprint density at radius 3 is 2.58 bits per heavy atom. The molecule has 1 heterocycles. The predicted molar refractivity (Wildman–Crippen MR) is 103 cm³/mol. The van der Waals surface area contributed by atoms with Crippen molar-refractivity contribution >= 4 is 23.2 Å². The highest BCUT2D eigenvalue weighted by Gasteiger charge is 2.23. The SMILES string of the molecule is COc1cccc(NC2CCN(C(=O)COc3ccc(Cl)cc3)CC2)c1. The number of anilines is 1. The number of hydrogen-bond acceptors (Lipinski definition) is 4. The minimum Gasteiger partial charge on any atom is -0.497 e. The van der Waals surface area contributed by atoms with E-state index in [1.807, 2.05) is 29.2 Å². The first-order valence-corrected chi connectivity index (χ1v) is 9.08. The van der Waals surface area contributed by atoms with Gasteiger partial charge in [-0.15, -0.1) is 0 Å². The van der Waals surface area contributed by atoms with Gasteiger partial charge in [-0.2, -0.15) is 0 Å². The molecule has 3 rings (SSSR count). The molecule has 0 saturated carbocycles. The zero-order valence-corrected chi connectivity index (χ0v) is 15.5. The van der Waals surface area contributed by atoms with Gasteiger partial charge in [0.15, 0.2) is 6.61 Å². The summed E-state index contributed by atoms with van der Waals surface area (Å²) < 4.78 is 10.8. The fourth-order valence-corrected chi connectivity index (χ4v) is 3.11. The molecule has 6 heteroatoms. The monoisotopic (exact) mass is 374 g/mol. The Kier molecular flexibility index (Phi) is 6.23. The van der Waals surface area contributed by atoms with E-state index in [9.17, 15) is 4.79 Å². The standard InChI is InChI=1S/C20H23ClN2O3/c1-25-19-4-2-3-17(13-19)22-16-9-11-23(12-10-16)20(24)14-26-18-7-5-15(21)6-8-18/h2-8,13,16,22H,9-12,14H2,1H3. The summed E-state index contributed by atoms with van der Waals surface area (Å²) >= 11 is 5.84. The van der Waals surface area contributed by atoms with Crippen LogP contribution in [0.5, 0.6) is 11.5 Å². The van der Waals surface area contributed by atoms with E-state index in [1.165, 1.54) is 0 Å². The number of benzene rings is 2. The molecular formula is C20H23ClN2O3. The summed E-state index contributed by atoms with van der Waals surface area (Å²) in [6, 6.07) is 15.3. The second-order valence-electron chi connectivity index (χ2n) is 6.27. The van der Waals surface area contributed by atoms with E-state index < -0.39 is 0 Å². The van der Waals surface area contributed by atoms with Crippen LogP contribution in [0.15, 0.2) is 48.5 Å². The number of likely N-dealkylation sites (tertiary alicyclic amines) is 1. The van der Waals surface area contributed by atoms with Gasteiger partial charge >= 0.3 is 0 Å². The third-order valence-electron chi connectivity index (χ3n) is 4.46. The van der Waals surface area contributed by atoms with Crippen molar-refractivity contribution in [3.63, 3.8) is 0 Å². The lowest BCUT2D eigenvalue weighted by molar-refractivity contribution is -0.134. The number of nitrogens with one attached hydrogen (secondary N) is 1. The van der Waals surface area contributed by atoms with Gasteiger partial charge in [-0.1, -0.05) is 17.7 Å². The molecule has 0 spiro atoms. The Bertz CT molecular complexity index is 728. The molecule has 138 valence electrons. The molecule has 0 unspecified atom stereocenters. The number of rotatable bonds is 6. The highest BCUT2D eigenvalue weighted by Crippen LogP contribution is 2.21. The van der Waals surface area contributed by atoms with E-state index in [-0.39, 0.29) is 12.5 Å². The van der Waals surface area contributed by atoms with E-state index in [0.717, 1.165) is 37.4 Å². The number of methoxy groups -OCH3 is 1. The number of carbonyl (C=O) groups is 1. The van der Waals surface area contributed by atoms with Crippen LogP contribution in [0.3, 0.4) is 0 Å². The van der Waals surface area contributed by atoms with Crippen LogP contribution in [0.2, 0.25) is 5.02 Å². The molecule has 0 atom stereocenters. The minimum atomic E-state index is 0.0137. The summed E-state index contributed by atoms with van der Waals surface area (Å²) in [5.41, 5.74) is 1.04. The Labute approximate surface area is 158 Å². The maximum atomic E-state index is 12.3. The number of carbonyl (C=O) groups excluding carboxylic acids is 1. The molecule has 2 aromatic rings. The normalized spacial score (nSPS) is 14.8. The van der Waals surface area contributed by atoms with Crippen LogP contribution in [0.1, 0.15) is 12.8 Å². The van der Waals surface area contributed by atoms with Gasteiger partial charge < -0.3 is 19.7 Å². The lowest BCUT2D eigenvalue weighted by Crippen LogP contribution is -2.44. The summed E-state index contributed by atoms with van der Waals surface area (Å²) in [5, 5.41) is 4.16. The number of ether oxygens (including phenoxy) is 2. The lowest BCUT2D eigenvalue weighted by atomic mass is 10.0. The van der Waals surface area contributed by atoms with Crippen molar-refractivity contribution in [1.82, 2.24) is 4.90 Å². The van der Waals surface area contributed by atoms with Gasteiger partial charge in [0.2, 0.25) is 0 Å². The zero-order valence-electron chi connectivity index (χ0n) is 14.8. The van der Waals surface area contributed by atoms with Crippen LogP contribution in [0.25, 0.3) is 0 Å². The number of nitrogens with zero attached hydrogens (tertiary/aromatic N) is 1. The average Bonchev–Trinajstić information content (AvgIpc) is 2.68. The van der Waals surface area contributed by atoms with Crippen LogP contribution in [0, 0.1) is 0 Å². The second kappa shape index (κ2) is 8.81. The molecule has 2 aromatic carbocycles. The molecule has 0 aliphatic carbocycles. The van der Waals surface area contributed by atoms with Crippen molar-refractivity contribution in [2.45, 2.75) is 18.9 Å². The van der Waals surface area contributed by atoms with Crippen LogP contribution < -0.4 is 14.8 Å². The van der Waals surface area contributed by atoms with E-state index in [0.29, 0.717) is 16.8 Å². The first kappa shape index (κ1) is 18.4. The second-order valence-corrected chi connectivity index (χ2v) is 6.71. The maximum absolute atomic E-state index is 12.3. The van der Waals surface area contributed by atoms with Crippen LogP contribution >= 0.6 is 11.6 Å². The fourth-order valence-electron chi connectivity index (χ4n) is 2.99. The summed E-state index contributed by atoms with van der Waals surface area (Å²) in [7, 11) is 1.66. The van der Waals surface area contributed by atoms with Crippen molar-refractivity contribution in [3.8, 4) is 11.5 Å². The van der Waals surface area contributed by atoms with Crippen LogP contribution in [0.4, 0.5) is 5.69 Å². The molecule has 0 bridgehead atoms. The quantitative estimate of drug-likeness (QED) is 0.834. The Morgan fingerprint density at radius 1 is 1.15 bits per heavy atom. The number of halogens is 1. The highest BCUT2D eigenvalue weighted by molar-refractivity contribution is 6.30. The van der Waals surface area contributed by atoms with Gasteiger partial charge in [-0.05, 0) is 49.2 Å². The topological polar surface area (TPSA) is 50.8 Å². The van der Waals surface area contributed by atoms with Crippen molar-refractivity contribution in [1.29, 1.82) is 0 Å². The zero-order chi connectivity index (χ0) is 18.4. The Morgan fingerprint density at radius 2 is 1.88 bits per heavy atom. The molecule has 1 N–H and O–H groups in total. The summed E-state index contributed by atoms with van der Waals surface area (Å²) in [6.07, 6.45) is 1.81. The van der Waals surface area contributed by atoms with Gasteiger partial charge in [0, 0.05) is 35.9 Å². The van der Waals surface area contributed by atoms with Gasteiger partial charge in [0.25, 0.3) is 5.91 Å². The molecule has 5 nitrogen and oxygen atoms in total. The fraction of sp³-hybridized carbons (Fsp3) is 0.350. The minimum absolute atomic E-state index is 0.0137. The third-order valence-corrected chi connectivity index (χ3v) is 4.72. The number of amides is 1. The maximum Gasteiger partial charge on any atom is 0.260 e. The molecule has 1 aliphatic heterocycles. The summed E-state index contributed by atoms with van der Waals surface area (Å²) in [6.45, 7) is 1.50. The predicted octanol–water partition coefficient (Wildman–Crippen LogP) is 3.83. The Balaban J connectivity index is 1.43. The van der Waals surface area contributed by atoms with Gasteiger partial charge in [-0.25, -0.2) is 0 Å². The molecule has 1 fully saturated rings. The van der Waals surface area contributed by atoms with E-state index in [4.69, 9.17) is 21.1 Å². The summed E-state index contributed by atoms with van der Waals surface area (Å²) in [4.78, 5) is 14.2. The van der Waals surface area contributed by atoms with Crippen LogP contribution in [-0.4, -0.2) is 43.7 Å². The van der Waals surface area contributed by atoms with E-state index in [2.05, 4.69) is 5.32 Å². The molecular weight excluding hydrogens is 352 g/mol. The van der Waals surface area contributed by atoms with Gasteiger partial charge in [0.05, 0.1) is 7.11 Å². The average molecular weight is 375 g/mol. The van der Waals surface area contributed by atoms with Gasteiger partial charge in [-0.3, -0.25) is 4.79 Å². The van der Waals surface area contributed by atoms with E-state index >= 15 is 0 Å². The third kappa shape index (κ3) is 5.05. The summed E-state index contributed by atoms with van der Waals surface area (Å²) in [5.74, 6) is 1.50. The smallest absolute Gasteiger partial charge is 0.260 e. The van der Waals surface area contributed by atoms with Gasteiger partial charge in [0.1, 0.15) is 11.5 Å². The lowest BCUT2D eigenvalue weighted by Gasteiger charge is -2.33. The highest BCUT2D eigenvalue weighted by atomic mass is 35.5. The largest absolute Gasteiger partial charge is 0.497 e. The first-order valence-electron chi connectivity index (χ1n) is 8.71. The van der Waals surface area contributed by atoms with Crippen molar-refractivity contribution in [3.05, 3.63) is 53.6 Å². The molecule has 1 aliphatic rings. The molecule has 0 radical (unpaired) electrons. The number of piperidine rings is 1. The number of hydrogen-bond donors (Lipinski definition) is 1. The van der Waals surface area contributed by atoms with E-state index in [1.54, 1.807) is 31.4 Å². The van der Waals surface area contributed by atoms with Crippen molar-refractivity contribution in [2.75, 3.05) is 32.1 Å². The molecule has 26 heavy (non-hydrogen) atoms. The molecule has 1 amide bonds. The molecule has 1 saturated heterocycles. The molecule has 0 aromatic heterocycles.